The second kappa shape index (κ2) is 33.4. The summed E-state index contributed by atoms with van der Waals surface area (Å²) in [6.07, 6.45) is 0.445. The number of carbonyl (C=O) groups is 10. The Balaban J connectivity index is 0.000000329. The largest absolute Gasteiger partial charge is 1.00 e. The smallest absolute Gasteiger partial charge is 0.662 e. The first kappa shape index (κ1) is 67.1. The summed E-state index contributed by atoms with van der Waals surface area (Å²) in [6, 6.07) is 32.0. The molecule has 400 valence electrons. The van der Waals surface area contributed by atoms with E-state index in [1.54, 1.807) is 87.0 Å². The molecule has 2 saturated heterocycles. The minimum Gasteiger partial charge on any atom is -0.662 e. The number of carbonyl (C=O) groups excluding carboxylic acids is 9. The Morgan fingerprint density at radius 2 is 1.15 bits per heavy atom. The Morgan fingerprint density at radius 1 is 0.705 bits per heavy atom. The Morgan fingerprint density at radius 3 is 1.55 bits per heavy atom. The van der Waals surface area contributed by atoms with Crippen LogP contribution in [-0.4, -0.2) is 122 Å². The fraction of sp³-hybridized carbons (Fsp3) is 0.283. The number of esters is 1. The third-order valence-corrected chi connectivity index (χ3v) is 15.6. The van der Waals surface area contributed by atoms with Gasteiger partial charge in [-0.05, 0) is 41.0 Å². The quantitative estimate of drug-likeness (QED) is 0.0198. The molecule has 0 aliphatic carbocycles. The summed E-state index contributed by atoms with van der Waals surface area (Å²) in [6.45, 7) is 0.887. The molecule has 25 heteroatoms. The van der Waals surface area contributed by atoms with Crippen LogP contribution in [0.1, 0.15) is 51.6 Å². The van der Waals surface area contributed by atoms with Crippen molar-refractivity contribution in [2.45, 2.75) is 43.4 Å². The summed E-state index contributed by atoms with van der Waals surface area (Å²) in [5.41, 5.74) is 3.30. The van der Waals surface area contributed by atoms with Crippen molar-refractivity contribution < 1.29 is 142 Å². The van der Waals surface area contributed by atoms with Gasteiger partial charge in [-0.1, -0.05) is 96.7 Å². The van der Waals surface area contributed by atoms with Gasteiger partial charge in [0.2, 0.25) is 22.0 Å². The van der Waals surface area contributed by atoms with Crippen LogP contribution in [-0.2, 0) is 60.8 Å². The number of rotatable bonds is 19. The molecule has 8 rings (SSSR count). The fourth-order valence-electron chi connectivity index (χ4n) is 8.08. The molecular weight excluding hydrogens is 1110 g/mol. The number of amides is 2. The number of carboxylic acids is 2. The van der Waals surface area contributed by atoms with Crippen LogP contribution in [0.3, 0.4) is 0 Å². The van der Waals surface area contributed by atoms with Crippen LogP contribution in [0, 0.1) is 11.8 Å². The number of Topliss-reactive ketones (excluding diaryl/α,β-unsaturated/α-hetero) is 2. The third kappa shape index (κ3) is 18.7. The minimum absolute atomic E-state index is 0. The van der Waals surface area contributed by atoms with Gasteiger partial charge in [0.05, 0.1) is 48.5 Å². The van der Waals surface area contributed by atoms with Gasteiger partial charge in [0.15, 0.2) is 0 Å². The second-order valence-electron chi connectivity index (χ2n) is 16.7. The summed E-state index contributed by atoms with van der Waals surface area (Å²) in [4.78, 5) is 122. The molecule has 2 amide bonds. The number of fused-ring (bicyclic) bond motifs is 2. The number of hydrogen-bond donors (Lipinski definition) is 2. The molecule has 0 saturated carbocycles. The number of thiol groups is 1. The van der Waals surface area contributed by atoms with Crippen LogP contribution in [0.4, 0.5) is 0 Å². The molecule has 4 aliphatic heterocycles. The van der Waals surface area contributed by atoms with E-state index in [0.717, 1.165) is 22.9 Å². The van der Waals surface area contributed by atoms with Crippen LogP contribution in [0.5, 0.6) is 11.5 Å². The fourth-order valence-corrected chi connectivity index (χ4v) is 12.0. The first-order chi connectivity index (χ1) is 36.4. The zero-order chi connectivity index (χ0) is 55.5. The molecular formula is C53H50N2Na2O17S4. The van der Waals surface area contributed by atoms with Crippen LogP contribution >= 0.6 is 47.9 Å². The Kier molecular flexibility index (Phi) is 28.7. The van der Waals surface area contributed by atoms with Gasteiger partial charge in [-0.15, -0.1) is 36.2 Å². The summed E-state index contributed by atoms with van der Waals surface area (Å²) in [5, 5.41) is 28.7. The number of benzene rings is 4. The molecule has 4 aromatic carbocycles. The third-order valence-electron chi connectivity index (χ3n) is 11.6. The maximum atomic E-state index is 12.8. The van der Waals surface area contributed by atoms with Crippen molar-refractivity contribution in [3.63, 3.8) is 0 Å². The maximum Gasteiger partial charge on any atom is 1.00 e. The summed E-state index contributed by atoms with van der Waals surface area (Å²) < 4.78 is 15.2. The maximum absolute atomic E-state index is 12.8. The Labute approximate surface area is 511 Å². The number of ether oxygens (including phenoxy) is 3. The van der Waals surface area contributed by atoms with Crippen LogP contribution in [0.25, 0.3) is 0 Å². The van der Waals surface area contributed by atoms with Crippen LogP contribution < -0.4 is 79.0 Å². The predicted molar refractivity (Wildman–Crippen MR) is 279 cm³/mol. The molecule has 19 nitrogen and oxygen atoms in total. The van der Waals surface area contributed by atoms with E-state index >= 15 is 0 Å². The molecule has 0 radical (unpaired) electrons. The molecule has 0 aromatic heterocycles. The van der Waals surface area contributed by atoms with Crippen molar-refractivity contribution in [2.75, 3.05) is 38.1 Å². The molecule has 4 aromatic rings. The first-order valence-electron chi connectivity index (χ1n) is 22.9. The topological polar surface area (TPSA) is 280 Å². The van der Waals surface area contributed by atoms with Crippen molar-refractivity contribution in [3.8, 4) is 11.5 Å². The number of carboxylic acid groups (broad SMARTS) is 2. The van der Waals surface area contributed by atoms with E-state index < -0.39 is 46.4 Å². The molecule has 4 heterocycles. The van der Waals surface area contributed by atoms with Gasteiger partial charge in [0, 0.05) is 66.6 Å². The minimum atomic E-state index is -1.44. The van der Waals surface area contributed by atoms with Gasteiger partial charge >= 0.3 is 71.1 Å². The number of nitrogens with zero attached hydrogens (tertiary/aromatic N) is 2. The van der Waals surface area contributed by atoms with E-state index in [-0.39, 0.29) is 143 Å². The summed E-state index contributed by atoms with van der Waals surface area (Å²) in [7, 11) is 3.10. The molecule has 78 heavy (non-hydrogen) atoms. The van der Waals surface area contributed by atoms with E-state index in [1.807, 2.05) is 36.4 Å². The average molecular weight is 1160 g/mol. The molecule has 0 bridgehead atoms. The van der Waals surface area contributed by atoms with E-state index in [0.29, 0.717) is 45.3 Å². The number of β-lactam (4-membered cyclic amide) rings is 2. The van der Waals surface area contributed by atoms with Gasteiger partial charge in [-0.25, -0.2) is 4.79 Å². The molecule has 0 spiro atoms. The molecule has 0 unspecified atom stereocenters. The Hall–Kier alpha value is -5.18. The second-order valence-corrected chi connectivity index (χ2v) is 20.2. The van der Waals surface area contributed by atoms with Gasteiger partial charge in [-0.2, -0.15) is 0 Å². The van der Waals surface area contributed by atoms with Crippen LogP contribution in [0.15, 0.2) is 132 Å². The summed E-state index contributed by atoms with van der Waals surface area (Å²) >= 11 is 7.44. The van der Waals surface area contributed by atoms with E-state index in [2.05, 4.69) is 17.5 Å². The number of aliphatic carboxylic acids is 2. The molecule has 1 N–H and O–H groups in total. The van der Waals surface area contributed by atoms with E-state index in [1.165, 1.54) is 40.2 Å². The van der Waals surface area contributed by atoms with Crippen molar-refractivity contribution in [1.82, 2.24) is 9.80 Å². The number of hydrogen-bond acceptors (Lipinski definition) is 19. The number of methoxy groups -OCH3 is 2. The van der Waals surface area contributed by atoms with Gasteiger partial charge in [0.25, 0.3) is 6.47 Å². The number of ketones is 2. The van der Waals surface area contributed by atoms with Crippen molar-refractivity contribution in [2.24, 2.45) is 11.8 Å². The molecule has 4 aliphatic rings. The zero-order valence-electron chi connectivity index (χ0n) is 43.0. The van der Waals surface area contributed by atoms with Crippen molar-refractivity contribution in [3.05, 3.63) is 154 Å². The zero-order valence-corrected chi connectivity index (χ0v) is 50.3. The monoisotopic (exact) mass is 1160 g/mol. The standard InChI is InChI=1S/C25H23NO6S2.C20H21NO7S.C7H6OS.CH2O3.2Na/c1-32-19-9-5-6-15(11-19)10-18(27)12-20-22(28)26-21(24(29)30)17(13-33-23(20)26)14-34-25(31)16-7-3-2-4-8-16;1-11(22)28-9-13-10-29-19-16(18(24)21(19)17(13)20(25)26)8-14(23)6-12-4-3-5-15(7-12)27-2;8-7(9)6-4-2-1-3-5-6;2-1-4-3;;/h2-9,11,20,23H,10,12-14H2,1H3,(H,29,30);3-5,7,16,19H,6,8-10H2,1-2H3,(H,25,26);1-5H,(H,8,9);1,3H;;/q;;;;2*+1/p-2/t20-,23-;16-,19-;;;;/m11..../s1. The summed E-state index contributed by atoms with van der Waals surface area (Å²) in [5.74, 6) is -3.17. The van der Waals surface area contributed by atoms with Crippen molar-refractivity contribution in [1.29, 1.82) is 0 Å². The van der Waals surface area contributed by atoms with Crippen molar-refractivity contribution >= 4 is 106 Å². The number of thioether (sulfide) groups is 3. The Bertz CT molecular complexity index is 2890. The van der Waals surface area contributed by atoms with Gasteiger partial charge in [0.1, 0.15) is 35.4 Å². The molecule has 2 fully saturated rings. The predicted octanol–water partition coefficient (Wildman–Crippen LogP) is -1.86. The average Bonchev–Trinajstić information content (AvgIpc) is 3.45. The molecule has 4 atom stereocenters. The van der Waals surface area contributed by atoms with Crippen LogP contribution in [0.2, 0.25) is 0 Å². The van der Waals surface area contributed by atoms with E-state index in [9.17, 15) is 53.4 Å². The first-order valence-corrected chi connectivity index (χ1v) is 26.4. The van der Waals surface area contributed by atoms with Gasteiger partial charge in [-0.3, -0.25) is 48.2 Å². The van der Waals surface area contributed by atoms with E-state index in [4.69, 9.17) is 24.3 Å². The normalized spacial score (nSPS) is 17.4. The van der Waals surface area contributed by atoms with Gasteiger partial charge < -0.3 is 39.4 Å². The SMILES string of the molecule is COc1cccc(CC(=O)C[C@@H]2C(=O)N3C(C(=O)O)=C(COC(C)=O)CS[C@H]23)c1.COc1cccc(CC(=O)C[C@@H]2C(=O)N3C(C(=O)[O-])=C(CSC(=O)c4ccccc4)CS[C@H]23)c1.O=C(S)c1ccccc1.O=CO[O-].[Na+].[Na+].